The monoisotopic (exact) mass is 488 g/mol. The second kappa shape index (κ2) is 10.8. The Morgan fingerprint density at radius 1 is 1.29 bits per heavy atom. The first kappa shape index (κ1) is 23.4. The molecule has 1 saturated heterocycles. The molecule has 0 radical (unpaired) electrons. The summed E-state index contributed by atoms with van der Waals surface area (Å²) in [6, 6.07) is 10.0. The van der Waals surface area contributed by atoms with Gasteiger partial charge in [-0.05, 0) is 48.3 Å². The molecule has 1 fully saturated rings. The van der Waals surface area contributed by atoms with E-state index in [4.69, 9.17) is 19.9 Å². The Morgan fingerprint density at radius 3 is 2.55 bits per heavy atom. The van der Waals surface area contributed by atoms with Gasteiger partial charge in [0.1, 0.15) is 10.4 Å². The molecule has 0 atom stereocenters. The molecule has 2 N–H and O–H groups in total. The molecule has 1 aliphatic heterocycles. The van der Waals surface area contributed by atoms with Crippen LogP contribution in [0.15, 0.2) is 30.3 Å². The van der Waals surface area contributed by atoms with Gasteiger partial charge in [0.05, 0.1) is 36.6 Å². The third-order valence-electron chi connectivity index (χ3n) is 4.92. The molecule has 3 rings (SSSR count). The standard InChI is InChI=1S/C23H29BrN4O3/c1-4-31-23(29)18-13-19(27-22(26-15(2)3)20(18)21(24)25)17-7-5-16(6-8-17)14-28-9-11-30-12-10-28/h5-8,13,15,25H,4,9-12,14H2,1-3H3,(H,26,27). The summed E-state index contributed by atoms with van der Waals surface area (Å²) in [7, 11) is 0. The van der Waals surface area contributed by atoms with E-state index in [9.17, 15) is 4.79 Å². The van der Waals surface area contributed by atoms with Crippen LogP contribution in [0.1, 0.15) is 42.3 Å². The maximum Gasteiger partial charge on any atom is 0.339 e. The average molecular weight is 489 g/mol. The van der Waals surface area contributed by atoms with Gasteiger partial charge in [-0.15, -0.1) is 0 Å². The number of anilines is 1. The van der Waals surface area contributed by atoms with E-state index < -0.39 is 5.97 Å². The Morgan fingerprint density at radius 2 is 1.97 bits per heavy atom. The number of rotatable bonds is 8. The van der Waals surface area contributed by atoms with E-state index in [2.05, 4.69) is 38.3 Å². The van der Waals surface area contributed by atoms with E-state index in [0.717, 1.165) is 38.4 Å². The van der Waals surface area contributed by atoms with E-state index in [-0.39, 0.29) is 17.3 Å². The van der Waals surface area contributed by atoms with Crippen molar-refractivity contribution < 1.29 is 14.3 Å². The molecule has 2 aromatic rings. The second-order valence-corrected chi connectivity index (χ2v) is 8.49. The molecule has 0 bridgehead atoms. The van der Waals surface area contributed by atoms with Gasteiger partial charge >= 0.3 is 5.97 Å². The summed E-state index contributed by atoms with van der Waals surface area (Å²) < 4.78 is 10.7. The quantitative estimate of drug-likeness (QED) is 0.425. The number of carbonyl (C=O) groups is 1. The molecular formula is C23H29BrN4O3. The number of halogens is 1. The molecule has 1 aliphatic rings. The summed E-state index contributed by atoms with van der Waals surface area (Å²) in [6.45, 7) is 10.3. The van der Waals surface area contributed by atoms with Gasteiger partial charge in [0.15, 0.2) is 0 Å². The minimum absolute atomic E-state index is 0.0820. The van der Waals surface area contributed by atoms with Crippen molar-refractivity contribution in [1.29, 1.82) is 5.41 Å². The summed E-state index contributed by atoms with van der Waals surface area (Å²) in [6.07, 6.45) is 0. The molecule has 7 nitrogen and oxygen atoms in total. The van der Waals surface area contributed by atoms with Gasteiger partial charge in [-0.3, -0.25) is 10.3 Å². The third-order valence-corrected chi connectivity index (χ3v) is 5.32. The first-order valence-electron chi connectivity index (χ1n) is 10.5. The maximum absolute atomic E-state index is 12.7. The Kier molecular flexibility index (Phi) is 8.17. The van der Waals surface area contributed by atoms with Crippen molar-refractivity contribution in [3.8, 4) is 11.3 Å². The molecule has 2 heterocycles. The number of benzene rings is 1. The number of esters is 1. The highest BCUT2D eigenvalue weighted by molar-refractivity contribution is 9.18. The topological polar surface area (TPSA) is 87.5 Å². The van der Waals surface area contributed by atoms with Crippen molar-refractivity contribution in [2.45, 2.75) is 33.4 Å². The number of nitrogens with zero attached hydrogens (tertiary/aromatic N) is 2. The van der Waals surface area contributed by atoms with Gasteiger partial charge in [-0.2, -0.15) is 0 Å². The highest BCUT2D eigenvalue weighted by Crippen LogP contribution is 2.29. The fourth-order valence-electron chi connectivity index (χ4n) is 3.46. The number of hydrogen-bond donors (Lipinski definition) is 2. The van der Waals surface area contributed by atoms with Gasteiger partial charge in [-0.25, -0.2) is 9.78 Å². The first-order valence-corrected chi connectivity index (χ1v) is 11.3. The number of morpholine rings is 1. The average Bonchev–Trinajstić information content (AvgIpc) is 2.74. The van der Waals surface area contributed by atoms with Crippen molar-refractivity contribution in [2.75, 3.05) is 38.2 Å². The normalized spacial score (nSPS) is 14.5. The molecule has 0 unspecified atom stereocenters. The van der Waals surface area contributed by atoms with Crippen molar-refractivity contribution in [2.24, 2.45) is 0 Å². The fourth-order valence-corrected chi connectivity index (χ4v) is 3.86. The van der Waals surface area contributed by atoms with Crippen LogP contribution in [0.2, 0.25) is 0 Å². The maximum atomic E-state index is 12.7. The summed E-state index contributed by atoms with van der Waals surface area (Å²) in [5.41, 5.74) is 3.49. The first-order chi connectivity index (χ1) is 14.9. The lowest BCUT2D eigenvalue weighted by Gasteiger charge is -2.26. The summed E-state index contributed by atoms with van der Waals surface area (Å²) in [5.74, 6) is 0.0101. The number of hydrogen-bond acceptors (Lipinski definition) is 7. The van der Waals surface area contributed by atoms with E-state index in [1.165, 1.54) is 5.56 Å². The van der Waals surface area contributed by atoms with Crippen molar-refractivity contribution >= 4 is 32.3 Å². The van der Waals surface area contributed by atoms with Crippen LogP contribution in [0.3, 0.4) is 0 Å². The van der Waals surface area contributed by atoms with Crippen molar-refractivity contribution in [1.82, 2.24) is 9.88 Å². The smallest absolute Gasteiger partial charge is 0.339 e. The Bertz CT molecular complexity index is 925. The highest BCUT2D eigenvalue weighted by Gasteiger charge is 2.22. The Hall–Kier alpha value is -2.29. The van der Waals surface area contributed by atoms with Crippen LogP contribution >= 0.6 is 15.9 Å². The Labute approximate surface area is 191 Å². The zero-order chi connectivity index (χ0) is 22.4. The van der Waals surface area contributed by atoms with Crippen LogP contribution in [0.4, 0.5) is 5.82 Å². The van der Waals surface area contributed by atoms with Crippen LogP contribution in [-0.2, 0) is 16.0 Å². The van der Waals surface area contributed by atoms with Crippen molar-refractivity contribution in [3.63, 3.8) is 0 Å². The number of carbonyl (C=O) groups excluding carboxylic acids is 1. The molecule has 0 saturated carbocycles. The minimum atomic E-state index is -0.471. The van der Waals surface area contributed by atoms with Crippen molar-refractivity contribution in [3.05, 3.63) is 47.0 Å². The van der Waals surface area contributed by atoms with Crippen LogP contribution in [0.25, 0.3) is 11.3 Å². The molecule has 166 valence electrons. The van der Waals surface area contributed by atoms with Gasteiger partial charge < -0.3 is 14.8 Å². The lowest BCUT2D eigenvalue weighted by atomic mass is 10.0. The number of pyridine rings is 1. The molecule has 1 aromatic heterocycles. The molecule has 0 spiro atoms. The second-order valence-electron chi connectivity index (χ2n) is 7.70. The van der Waals surface area contributed by atoms with E-state index in [0.29, 0.717) is 22.6 Å². The summed E-state index contributed by atoms with van der Waals surface area (Å²) in [5, 5.41) is 11.4. The number of aromatic nitrogens is 1. The molecule has 0 aliphatic carbocycles. The van der Waals surface area contributed by atoms with Crippen LogP contribution in [0.5, 0.6) is 0 Å². The molecule has 8 heteroatoms. The fraction of sp³-hybridized carbons (Fsp3) is 0.435. The van der Waals surface area contributed by atoms with Gasteiger partial charge in [0.2, 0.25) is 0 Å². The molecule has 1 aromatic carbocycles. The largest absolute Gasteiger partial charge is 0.462 e. The Balaban J connectivity index is 1.96. The van der Waals surface area contributed by atoms with Crippen LogP contribution in [0, 0.1) is 5.41 Å². The lowest BCUT2D eigenvalue weighted by Crippen LogP contribution is -2.35. The number of ether oxygens (including phenoxy) is 2. The minimum Gasteiger partial charge on any atom is -0.462 e. The lowest BCUT2D eigenvalue weighted by molar-refractivity contribution is 0.0342. The zero-order valence-corrected chi connectivity index (χ0v) is 19.8. The third kappa shape index (κ3) is 6.12. The predicted molar refractivity (Wildman–Crippen MR) is 126 cm³/mol. The van der Waals surface area contributed by atoms with Gasteiger partial charge in [0, 0.05) is 31.2 Å². The van der Waals surface area contributed by atoms with Gasteiger partial charge in [0.25, 0.3) is 0 Å². The van der Waals surface area contributed by atoms with Crippen LogP contribution in [-0.4, -0.2) is 59.4 Å². The molecule has 31 heavy (non-hydrogen) atoms. The van der Waals surface area contributed by atoms with Crippen LogP contribution < -0.4 is 5.32 Å². The van der Waals surface area contributed by atoms with Gasteiger partial charge in [-0.1, -0.05) is 24.3 Å². The van der Waals surface area contributed by atoms with E-state index in [1.807, 2.05) is 26.0 Å². The summed E-state index contributed by atoms with van der Waals surface area (Å²) in [4.78, 5) is 19.8. The molecule has 0 amide bonds. The number of nitrogens with one attached hydrogen (secondary N) is 2. The highest BCUT2D eigenvalue weighted by atomic mass is 79.9. The molecular weight excluding hydrogens is 460 g/mol. The summed E-state index contributed by atoms with van der Waals surface area (Å²) >= 11 is 3.21. The zero-order valence-electron chi connectivity index (χ0n) is 18.2. The predicted octanol–water partition coefficient (Wildman–Crippen LogP) is 4.30. The van der Waals surface area contributed by atoms with E-state index >= 15 is 0 Å². The SMILES string of the molecule is CCOC(=O)c1cc(-c2ccc(CN3CCOCC3)cc2)nc(NC(C)C)c1C(=N)Br. The van der Waals surface area contributed by atoms with E-state index in [1.54, 1.807) is 13.0 Å².